The van der Waals surface area contributed by atoms with Gasteiger partial charge in [0, 0.05) is 69.6 Å². The Bertz CT molecular complexity index is 1370. The SMILES string of the molecule is C1=CC2NC3C(c4c[nH]c5ccccc45)C=C(c4c[nH]c5ccccc45)C3C2C=C1. The van der Waals surface area contributed by atoms with Gasteiger partial charge < -0.3 is 15.3 Å². The Morgan fingerprint density at radius 3 is 2.37 bits per heavy atom. The Morgan fingerprint density at radius 2 is 1.47 bits per heavy atom. The van der Waals surface area contributed by atoms with E-state index < -0.39 is 0 Å². The summed E-state index contributed by atoms with van der Waals surface area (Å²) < 4.78 is 0. The van der Waals surface area contributed by atoms with E-state index in [4.69, 9.17) is 0 Å². The smallest absolute Gasteiger partial charge is 0.0460 e. The predicted octanol–water partition coefficient (Wildman–Crippen LogP) is 5.53. The number of hydrogen-bond acceptors (Lipinski definition) is 1. The van der Waals surface area contributed by atoms with E-state index in [1.165, 1.54) is 38.5 Å². The lowest BCUT2D eigenvalue weighted by molar-refractivity contribution is 0.496. The van der Waals surface area contributed by atoms with Gasteiger partial charge in [-0.2, -0.15) is 0 Å². The first kappa shape index (κ1) is 16.5. The van der Waals surface area contributed by atoms with Crippen molar-refractivity contribution in [2.24, 2.45) is 11.8 Å². The first-order valence-corrected chi connectivity index (χ1v) is 10.8. The van der Waals surface area contributed by atoms with Crippen LogP contribution in [0.4, 0.5) is 0 Å². The zero-order chi connectivity index (χ0) is 19.7. The quantitative estimate of drug-likeness (QED) is 0.415. The standard InChI is InChI=1S/C27H23N3/c1-4-10-23-16(7-1)21(14-28-23)19-13-20(22-15-29-24-11-5-2-8-17(22)24)27-26(19)18-9-3-6-12-25(18)30-27/h1-15,18,20,25-30H. The van der Waals surface area contributed by atoms with Crippen molar-refractivity contribution in [3.63, 3.8) is 0 Å². The lowest BCUT2D eigenvalue weighted by Gasteiger charge is -2.22. The molecule has 3 N–H and O–H groups in total. The summed E-state index contributed by atoms with van der Waals surface area (Å²) in [6.45, 7) is 0. The summed E-state index contributed by atoms with van der Waals surface area (Å²) in [6, 6.07) is 18.1. The summed E-state index contributed by atoms with van der Waals surface area (Å²) in [4.78, 5) is 6.99. The van der Waals surface area contributed by atoms with Crippen molar-refractivity contribution < 1.29 is 0 Å². The van der Waals surface area contributed by atoms with Crippen LogP contribution in [-0.2, 0) is 0 Å². The number of hydrogen-bond donors (Lipinski definition) is 3. The van der Waals surface area contributed by atoms with Gasteiger partial charge in [0.2, 0.25) is 0 Å². The van der Waals surface area contributed by atoms with Crippen molar-refractivity contribution >= 4 is 27.4 Å². The average molecular weight is 390 g/mol. The second-order valence-electron chi connectivity index (χ2n) is 8.78. The van der Waals surface area contributed by atoms with Crippen LogP contribution in [0.1, 0.15) is 17.0 Å². The van der Waals surface area contributed by atoms with E-state index >= 15 is 0 Å². The molecule has 30 heavy (non-hydrogen) atoms. The molecule has 5 atom stereocenters. The minimum Gasteiger partial charge on any atom is -0.361 e. The Hall–Kier alpha value is -3.30. The molecule has 0 radical (unpaired) electrons. The molecular weight excluding hydrogens is 366 g/mol. The van der Waals surface area contributed by atoms with Crippen LogP contribution in [0, 0.1) is 11.8 Å². The Morgan fingerprint density at radius 1 is 0.733 bits per heavy atom. The van der Waals surface area contributed by atoms with E-state index in [1.807, 2.05) is 0 Å². The molecule has 0 saturated carbocycles. The van der Waals surface area contributed by atoms with Gasteiger partial charge in [0.15, 0.2) is 0 Å². The molecule has 146 valence electrons. The first-order chi connectivity index (χ1) is 14.9. The maximum Gasteiger partial charge on any atom is 0.0460 e. The van der Waals surface area contributed by atoms with Gasteiger partial charge in [0.25, 0.3) is 0 Å². The predicted molar refractivity (Wildman–Crippen MR) is 123 cm³/mol. The molecule has 3 heterocycles. The number of aromatic nitrogens is 2. The molecule has 4 aromatic rings. The highest BCUT2D eigenvalue weighted by Gasteiger charge is 2.50. The van der Waals surface area contributed by atoms with Gasteiger partial charge in [0.05, 0.1) is 0 Å². The van der Waals surface area contributed by atoms with Gasteiger partial charge >= 0.3 is 0 Å². The van der Waals surface area contributed by atoms with Crippen LogP contribution in [0.3, 0.4) is 0 Å². The molecule has 2 aromatic carbocycles. The van der Waals surface area contributed by atoms with Crippen LogP contribution in [0.25, 0.3) is 27.4 Å². The van der Waals surface area contributed by atoms with Crippen LogP contribution in [0.2, 0.25) is 0 Å². The maximum absolute atomic E-state index is 3.98. The fourth-order valence-corrected chi connectivity index (χ4v) is 6.07. The van der Waals surface area contributed by atoms with Crippen LogP contribution in [-0.4, -0.2) is 22.1 Å². The topological polar surface area (TPSA) is 43.6 Å². The van der Waals surface area contributed by atoms with Crippen molar-refractivity contribution in [3.05, 3.63) is 102 Å². The van der Waals surface area contributed by atoms with Crippen LogP contribution < -0.4 is 5.32 Å². The molecule has 3 nitrogen and oxygen atoms in total. The number of para-hydroxylation sites is 2. The van der Waals surface area contributed by atoms with E-state index in [0.29, 0.717) is 29.8 Å². The van der Waals surface area contributed by atoms with Crippen LogP contribution in [0.5, 0.6) is 0 Å². The summed E-state index contributed by atoms with van der Waals surface area (Å²) in [5.74, 6) is 1.31. The van der Waals surface area contributed by atoms with Gasteiger partial charge in [-0.25, -0.2) is 0 Å². The molecule has 0 spiro atoms. The van der Waals surface area contributed by atoms with E-state index in [0.717, 1.165) is 0 Å². The van der Waals surface area contributed by atoms with Crippen molar-refractivity contribution in [1.82, 2.24) is 15.3 Å². The summed E-state index contributed by atoms with van der Waals surface area (Å²) in [6.07, 6.45) is 16.1. The van der Waals surface area contributed by atoms with Gasteiger partial charge in [0.1, 0.15) is 0 Å². The van der Waals surface area contributed by atoms with Crippen LogP contribution in [0.15, 0.2) is 91.3 Å². The molecule has 1 aliphatic heterocycles. The molecule has 1 saturated heterocycles. The highest BCUT2D eigenvalue weighted by molar-refractivity contribution is 5.95. The zero-order valence-electron chi connectivity index (χ0n) is 16.5. The average Bonchev–Trinajstić information content (AvgIpc) is 3.55. The van der Waals surface area contributed by atoms with E-state index in [2.05, 4.69) is 107 Å². The monoisotopic (exact) mass is 389 g/mol. The normalized spacial score (nSPS) is 29.5. The summed E-state index contributed by atoms with van der Waals surface area (Å²) >= 11 is 0. The Balaban J connectivity index is 1.43. The fourth-order valence-electron chi connectivity index (χ4n) is 6.07. The molecule has 0 bridgehead atoms. The summed E-state index contributed by atoms with van der Waals surface area (Å²) in [5.41, 5.74) is 6.66. The van der Waals surface area contributed by atoms with Gasteiger partial charge in [-0.1, -0.05) is 66.8 Å². The number of nitrogens with one attached hydrogen (secondary N) is 3. The molecule has 3 aliphatic rings. The fraction of sp³-hybridized carbons (Fsp3) is 0.185. The van der Waals surface area contributed by atoms with Crippen molar-refractivity contribution in [1.29, 1.82) is 0 Å². The maximum atomic E-state index is 3.98. The van der Waals surface area contributed by atoms with Crippen molar-refractivity contribution in [2.75, 3.05) is 0 Å². The molecular formula is C27H23N3. The van der Waals surface area contributed by atoms with Gasteiger partial charge in [-0.15, -0.1) is 0 Å². The van der Waals surface area contributed by atoms with Crippen molar-refractivity contribution in [2.45, 2.75) is 18.0 Å². The lowest BCUT2D eigenvalue weighted by Crippen LogP contribution is -2.33. The Labute approximate surface area is 175 Å². The second-order valence-corrected chi connectivity index (χ2v) is 8.78. The molecule has 1 fully saturated rings. The third kappa shape index (κ3) is 2.18. The third-order valence-corrected chi connectivity index (χ3v) is 7.35. The third-order valence-electron chi connectivity index (χ3n) is 7.35. The largest absolute Gasteiger partial charge is 0.361 e. The number of allylic oxidation sites excluding steroid dienone is 2. The number of H-pyrrole nitrogens is 2. The summed E-state index contributed by atoms with van der Waals surface area (Å²) in [5, 5.41) is 6.64. The molecule has 3 heteroatoms. The van der Waals surface area contributed by atoms with Gasteiger partial charge in [-0.3, -0.25) is 0 Å². The van der Waals surface area contributed by atoms with Gasteiger partial charge in [-0.05, 0) is 23.3 Å². The van der Waals surface area contributed by atoms with E-state index in [1.54, 1.807) is 0 Å². The Kier molecular flexibility index (Phi) is 3.35. The molecule has 2 aliphatic carbocycles. The molecule has 5 unspecified atom stereocenters. The lowest BCUT2D eigenvalue weighted by atomic mass is 9.79. The number of aromatic amines is 2. The molecule has 0 amide bonds. The second kappa shape index (κ2) is 6.10. The zero-order valence-corrected chi connectivity index (χ0v) is 16.5. The highest BCUT2D eigenvalue weighted by Crippen LogP contribution is 2.52. The minimum absolute atomic E-state index is 0.349. The first-order valence-electron chi connectivity index (χ1n) is 10.8. The minimum atomic E-state index is 0.349. The summed E-state index contributed by atoms with van der Waals surface area (Å²) in [7, 11) is 0. The molecule has 7 rings (SSSR count). The number of rotatable bonds is 2. The number of benzene rings is 2. The molecule has 2 aromatic heterocycles. The van der Waals surface area contributed by atoms with E-state index in [-0.39, 0.29) is 0 Å². The number of fused-ring (bicyclic) bond motifs is 5. The van der Waals surface area contributed by atoms with Crippen molar-refractivity contribution in [3.8, 4) is 0 Å². The van der Waals surface area contributed by atoms with E-state index in [9.17, 15) is 0 Å². The van der Waals surface area contributed by atoms with Crippen LogP contribution >= 0.6 is 0 Å². The highest BCUT2D eigenvalue weighted by atomic mass is 15.0.